The van der Waals surface area contributed by atoms with Crippen LogP contribution in [-0.4, -0.2) is 22.9 Å². The summed E-state index contributed by atoms with van der Waals surface area (Å²) in [5, 5.41) is 4.72. The molecule has 1 aliphatic heterocycles. The van der Waals surface area contributed by atoms with E-state index in [1.807, 2.05) is 0 Å². The fourth-order valence-corrected chi connectivity index (χ4v) is 2.82. The van der Waals surface area contributed by atoms with E-state index in [4.69, 9.17) is 38.2 Å². The molecule has 0 bridgehead atoms. The zero-order valence-electron chi connectivity index (χ0n) is 11.3. The second-order valence-corrected chi connectivity index (χ2v) is 5.88. The second kappa shape index (κ2) is 6.22. The lowest BCUT2D eigenvalue weighted by Gasteiger charge is -2.20. The number of nitrogen functional groups attached to an aromatic ring is 1. The maximum atomic E-state index is 6.01. The van der Waals surface area contributed by atoms with Crippen LogP contribution in [0.4, 0.5) is 5.69 Å². The molecule has 2 aromatic rings. The van der Waals surface area contributed by atoms with Crippen LogP contribution in [0.15, 0.2) is 16.7 Å². The van der Waals surface area contributed by atoms with Gasteiger partial charge in [-0.05, 0) is 31.4 Å². The van der Waals surface area contributed by atoms with Gasteiger partial charge in [-0.25, -0.2) is 0 Å². The Balaban J connectivity index is 1.78. The number of hydrogen-bond donors (Lipinski definition) is 1. The van der Waals surface area contributed by atoms with E-state index in [1.54, 1.807) is 12.1 Å². The van der Waals surface area contributed by atoms with Gasteiger partial charge in [0.1, 0.15) is 0 Å². The molecule has 2 N–H and O–H groups in total. The third-order valence-corrected chi connectivity index (χ3v) is 4.10. The van der Waals surface area contributed by atoms with Gasteiger partial charge in [0.15, 0.2) is 5.82 Å². The van der Waals surface area contributed by atoms with Gasteiger partial charge in [-0.1, -0.05) is 28.4 Å². The summed E-state index contributed by atoms with van der Waals surface area (Å²) in [4.78, 5) is 4.37. The third kappa shape index (κ3) is 3.31. The number of benzene rings is 1. The van der Waals surface area contributed by atoms with E-state index in [2.05, 4.69) is 10.1 Å². The Morgan fingerprint density at radius 2 is 2.00 bits per heavy atom. The molecule has 1 aromatic carbocycles. The highest BCUT2D eigenvalue weighted by molar-refractivity contribution is 6.39. The van der Waals surface area contributed by atoms with Crippen molar-refractivity contribution in [1.29, 1.82) is 0 Å². The maximum Gasteiger partial charge on any atom is 0.258 e. The van der Waals surface area contributed by atoms with E-state index in [0.29, 0.717) is 39.4 Å². The molecule has 3 rings (SSSR count). The van der Waals surface area contributed by atoms with Gasteiger partial charge in [-0.3, -0.25) is 0 Å². The molecule has 7 heteroatoms. The summed E-state index contributed by atoms with van der Waals surface area (Å²) in [6.45, 7) is 0.804. The Kier molecular flexibility index (Phi) is 4.33. The average Bonchev–Trinajstić information content (AvgIpc) is 2.94. The minimum atomic E-state index is 0.169. The minimum Gasteiger partial charge on any atom is -0.396 e. The van der Waals surface area contributed by atoms with Gasteiger partial charge >= 0.3 is 0 Å². The summed E-state index contributed by atoms with van der Waals surface area (Å²) in [6.07, 6.45) is 4.15. The highest BCUT2D eigenvalue weighted by Crippen LogP contribution is 2.33. The van der Waals surface area contributed by atoms with Crippen LogP contribution in [0, 0.1) is 0 Å². The fourth-order valence-electron chi connectivity index (χ4n) is 2.33. The molecule has 0 spiro atoms. The molecule has 0 saturated carbocycles. The first-order chi connectivity index (χ1) is 10.1. The first kappa shape index (κ1) is 14.6. The van der Waals surface area contributed by atoms with Gasteiger partial charge in [-0.2, -0.15) is 4.98 Å². The zero-order valence-corrected chi connectivity index (χ0v) is 12.8. The van der Waals surface area contributed by atoms with E-state index in [0.717, 1.165) is 19.4 Å². The lowest BCUT2D eigenvalue weighted by Crippen LogP contribution is -2.21. The molecule has 1 aliphatic rings. The Labute approximate surface area is 132 Å². The summed E-state index contributed by atoms with van der Waals surface area (Å²) in [5.74, 6) is 1.01. The molecule has 0 radical (unpaired) electrons. The molecule has 5 nitrogen and oxygen atoms in total. The van der Waals surface area contributed by atoms with Crippen molar-refractivity contribution in [2.75, 3.05) is 12.3 Å². The predicted molar refractivity (Wildman–Crippen MR) is 81.5 cm³/mol. The molecule has 0 amide bonds. The van der Waals surface area contributed by atoms with Crippen molar-refractivity contribution >= 4 is 28.9 Å². The Bertz CT molecular complexity index is 616. The number of rotatable bonds is 3. The van der Waals surface area contributed by atoms with Gasteiger partial charge in [0.25, 0.3) is 5.89 Å². The first-order valence-corrected chi connectivity index (χ1v) is 7.58. The number of nitrogens with two attached hydrogens (primary N) is 1. The van der Waals surface area contributed by atoms with Crippen LogP contribution in [-0.2, 0) is 11.2 Å². The molecule has 1 aromatic heterocycles. The smallest absolute Gasteiger partial charge is 0.258 e. The Morgan fingerprint density at radius 1 is 1.24 bits per heavy atom. The van der Waals surface area contributed by atoms with Gasteiger partial charge in [0, 0.05) is 18.6 Å². The number of ether oxygens (including phenoxy) is 1. The van der Waals surface area contributed by atoms with Crippen LogP contribution < -0.4 is 5.73 Å². The SMILES string of the molecule is Nc1c(Cl)cc(-c2nc(CC3CCCCO3)no2)cc1Cl. The lowest BCUT2D eigenvalue weighted by molar-refractivity contribution is 0.0153. The fraction of sp³-hybridized carbons (Fsp3) is 0.429. The largest absolute Gasteiger partial charge is 0.396 e. The zero-order chi connectivity index (χ0) is 14.8. The molecular weight excluding hydrogens is 313 g/mol. The highest BCUT2D eigenvalue weighted by Gasteiger charge is 2.19. The Morgan fingerprint density at radius 3 is 2.67 bits per heavy atom. The molecule has 2 heterocycles. The van der Waals surface area contributed by atoms with Crippen molar-refractivity contribution < 1.29 is 9.26 Å². The summed E-state index contributed by atoms with van der Waals surface area (Å²) in [6, 6.07) is 3.33. The Hall–Kier alpha value is -1.30. The number of nitrogens with zero attached hydrogens (tertiary/aromatic N) is 2. The molecule has 0 aliphatic carbocycles. The lowest BCUT2D eigenvalue weighted by atomic mass is 10.1. The minimum absolute atomic E-state index is 0.169. The summed E-state index contributed by atoms with van der Waals surface area (Å²) >= 11 is 12.0. The highest BCUT2D eigenvalue weighted by atomic mass is 35.5. The number of aromatic nitrogens is 2. The molecule has 1 unspecified atom stereocenters. The normalized spacial score (nSPS) is 18.9. The van der Waals surface area contributed by atoms with Crippen molar-refractivity contribution in [3.8, 4) is 11.5 Å². The van der Waals surface area contributed by atoms with Crippen LogP contribution in [0.3, 0.4) is 0 Å². The van der Waals surface area contributed by atoms with E-state index in [9.17, 15) is 0 Å². The molecule has 112 valence electrons. The number of halogens is 2. The molecular formula is C14H15Cl2N3O2. The summed E-state index contributed by atoms with van der Waals surface area (Å²) < 4.78 is 10.9. The quantitative estimate of drug-likeness (QED) is 0.869. The number of anilines is 1. The number of hydrogen-bond acceptors (Lipinski definition) is 5. The van der Waals surface area contributed by atoms with Crippen molar-refractivity contribution in [1.82, 2.24) is 10.1 Å². The predicted octanol–water partition coefficient (Wildman–Crippen LogP) is 3.74. The molecule has 1 atom stereocenters. The van der Waals surface area contributed by atoms with Crippen molar-refractivity contribution in [2.45, 2.75) is 31.8 Å². The third-order valence-electron chi connectivity index (χ3n) is 3.48. The summed E-state index contributed by atoms with van der Waals surface area (Å²) in [5.41, 5.74) is 6.71. The van der Waals surface area contributed by atoms with E-state index < -0.39 is 0 Å². The van der Waals surface area contributed by atoms with E-state index in [-0.39, 0.29) is 6.10 Å². The van der Waals surface area contributed by atoms with E-state index in [1.165, 1.54) is 6.42 Å². The van der Waals surface area contributed by atoms with Crippen LogP contribution >= 0.6 is 23.2 Å². The summed E-state index contributed by atoms with van der Waals surface area (Å²) in [7, 11) is 0. The van der Waals surface area contributed by atoms with Gasteiger partial charge in [-0.15, -0.1) is 0 Å². The van der Waals surface area contributed by atoms with Crippen LogP contribution in [0.2, 0.25) is 10.0 Å². The van der Waals surface area contributed by atoms with Crippen molar-refractivity contribution in [3.05, 3.63) is 28.0 Å². The van der Waals surface area contributed by atoms with Crippen LogP contribution in [0.1, 0.15) is 25.1 Å². The van der Waals surface area contributed by atoms with Crippen LogP contribution in [0.25, 0.3) is 11.5 Å². The monoisotopic (exact) mass is 327 g/mol. The van der Waals surface area contributed by atoms with Crippen molar-refractivity contribution in [2.24, 2.45) is 0 Å². The molecule has 1 fully saturated rings. The maximum absolute atomic E-state index is 6.01. The second-order valence-electron chi connectivity index (χ2n) is 5.06. The first-order valence-electron chi connectivity index (χ1n) is 6.82. The standard InChI is InChI=1S/C14H15Cl2N3O2/c15-10-5-8(6-11(16)13(10)17)14-18-12(19-21-14)7-9-3-1-2-4-20-9/h5-6,9H,1-4,7,17H2. The molecule has 21 heavy (non-hydrogen) atoms. The topological polar surface area (TPSA) is 74.2 Å². The van der Waals surface area contributed by atoms with Crippen molar-refractivity contribution in [3.63, 3.8) is 0 Å². The van der Waals surface area contributed by atoms with E-state index >= 15 is 0 Å². The van der Waals surface area contributed by atoms with Gasteiger partial charge in [0.2, 0.25) is 0 Å². The van der Waals surface area contributed by atoms with Gasteiger partial charge < -0.3 is 15.0 Å². The van der Waals surface area contributed by atoms with Crippen LogP contribution in [0.5, 0.6) is 0 Å². The van der Waals surface area contributed by atoms with Gasteiger partial charge in [0.05, 0.1) is 21.8 Å². The average molecular weight is 328 g/mol. The molecule has 1 saturated heterocycles.